The number of nitrogens with one attached hydrogen (secondary N) is 1. The Bertz CT molecular complexity index is 593. The van der Waals surface area contributed by atoms with Crippen LogP contribution in [0.5, 0.6) is 5.75 Å². The lowest BCUT2D eigenvalue weighted by atomic mass is 10.2. The largest absolute Gasteiger partial charge is 0.493 e. The molecule has 0 unspecified atom stereocenters. The van der Waals surface area contributed by atoms with E-state index >= 15 is 0 Å². The molecule has 0 saturated heterocycles. The summed E-state index contributed by atoms with van der Waals surface area (Å²) in [6.07, 6.45) is 1.34. The molecule has 0 heterocycles. The van der Waals surface area contributed by atoms with Gasteiger partial charge in [-0.1, -0.05) is 42.8 Å². The zero-order valence-corrected chi connectivity index (χ0v) is 13.4. The Labute approximate surface area is 136 Å². The van der Waals surface area contributed by atoms with E-state index in [9.17, 15) is 4.79 Å². The molecule has 22 heavy (non-hydrogen) atoms. The number of ether oxygens (including phenoxy) is 1. The Hall–Kier alpha value is -2.00. The van der Waals surface area contributed by atoms with Crippen molar-refractivity contribution in [1.29, 1.82) is 0 Å². The summed E-state index contributed by atoms with van der Waals surface area (Å²) in [6, 6.07) is 15.4. The van der Waals surface area contributed by atoms with E-state index in [1.165, 1.54) is 5.56 Å². The van der Waals surface area contributed by atoms with Crippen molar-refractivity contribution in [2.24, 2.45) is 0 Å². The fraction of sp³-hybridized carbons (Fsp3) is 0.278. The van der Waals surface area contributed by atoms with Crippen molar-refractivity contribution in [2.45, 2.75) is 26.3 Å². The zero-order chi connectivity index (χ0) is 15.8. The van der Waals surface area contributed by atoms with Gasteiger partial charge in [0.2, 0.25) is 5.91 Å². The Morgan fingerprint density at radius 3 is 2.32 bits per heavy atom. The third-order valence-corrected chi connectivity index (χ3v) is 3.58. The van der Waals surface area contributed by atoms with E-state index in [1.807, 2.05) is 48.5 Å². The number of benzene rings is 2. The molecule has 0 spiro atoms. The fourth-order valence-electron chi connectivity index (χ4n) is 1.97. The minimum atomic E-state index is -0.0277. The van der Waals surface area contributed by atoms with E-state index in [-0.39, 0.29) is 5.91 Å². The van der Waals surface area contributed by atoms with Gasteiger partial charge in [0.25, 0.3) is 0 Å². The second-order valence-electron chi connectivity index (χ2n) is 5.00. The molecule has 0 aliphatic carbocycles. The van der Waals surface area contributed by atoms with E-state index < -0.39 is 0 Å². The number of carbonyl (C=O) groups is 1. The summed E-state index contributed by atoms with van der Waals surface area (Å²) in [5, 5.41) is 3.55. The van der Waals surface area contributed by atoms with Crippen molar-refractivity contribution in [3.05, 3.63) is 64.7 Å². The van der Waals surface area contributed by atoms with Crippen molar-refractivity contribution in [3.8, 4) is 5.75 Å². The Kier molecular flexibility index (Phi) is 6.28. The van der Waals surface area contributed by atoms with Crippen LogP contribution in [-0.2, 0) is 17.8 Å². The number of rotatable bonds is 7. The molecule has 0 aliphatic heterocycles. The molecule has 2 aromatic carbocycles. The summed E-state index contributed by atoms with van der Waals surface area (Å²) >= 11 is 5.82. The maximum Gasteiger partial charge on any atom is 0.223 e. The lowest BCUT2D eigenvalue weighted by molar-refractivity contribution is -0.121. The second kappa shape index (κ2) is 8.44. The van der Waals surface area contributed by atoms with Crippen LogP contribution in [0.4, 0.5) is 0 Å². The lowest BCUT2D eigenvalue weighted by Gasteiger charge is -2.08. The standard InChI is InChI=1S/C18H20ClNO2/c1-2-14-5-9-17(10-6-14)22-12-11-18(21)20-13-15-3-7-16(19)8-4-15/h3-10H,2,11-13H2,1H3,(H,20,21). The van der Waals surface area contributed by atoms with Crippen LogP contribution in [0, 0.1) is 0 Å². The Balaban J connectivity index is 1.67. The van der Waals surface area contributed by atoms with Crippen LogP contribution in [0.15, 0.2) is 48.5 Å². The van der Waals surface area contributed by atoms with Gasteiger partial charge in [0.1, 0.15) is 5.75 Å². The Morgan fingerprint density at radius 2 is 1.68 bits per heavy atom. The predicted octanol–water partition coefficient (Wildman–Crippen LogP) is 3.99. The molecule has 0 aliphatic rings. The van der Waals surface area contributed by atoms with Gasteiger partial charge in [0.15, 0.2) is 0 Å². The third-order valence-electron chi connectivity index (χ3n) is 3.33. The fourth-order valence-corrected chi connectivity index (χ4v) is 2.10. The minimum absolute atomic E-state index is 0.0277. The number of hydrogen-bond donors (Lipinski definition) is 1. The van der Waals surface area contributed by atoms with Gasteiger partial charge in [0, 0.05) is 11.6 Å². The van der Waals surface area contributed by atoms with Crippen LogP contribution in [0.3, 0.4) is 0 Å². The molecule has 0 atom stereocenters. The minimum Gasteiger partial charge on any atom is -0.493 e. The van der Waals surface area contributed by atoms with Gasteiger partial charge in [-0.05, 0) is 41.8 Å². The Morgan fingerprint density at radius 1 is 1.05 bits per heavy atom. The number of aryl methyl sites for hydroxylation is 1. The molecule has 0 saturated carbocycles. The number of halogens is 1. The SMILES string of the molecule is CCc1ccc(OCCC(=O)NCc2ccc(Cl)cc2)cc1. The molecule has 1 amide bonds. The van der Waals surface area contributed by atoms with Gasteiger partial charge in [-0.25, -0.2) is 0 Å². The monoisotopic (exact) mass is 317 g/mol. The summed E-state index contributed by atoms with van der Waals surface area (Å²) in [5.41, 5.74) is 2.29. The quantitative estimate of drug-likeness (QED) is 0.838. The van der Waals surface area contributed by atoms with Gasteiger partial charge in [-0.3, -0.25) is 4.79 Å². The van der Waals surface area contributed by atoms with Crippen molar-refractivity contribution < 1.29 is 9.53 Å². The van der Waals surface area contributed by atoms with Crippen molar-refractivity contribution >= 4 is 17.5 Å². The normalized spacial score (nSPS) is 10.3. The summed E-state index contributed by atoms with van der Waals surface area (Å²) in [5.74, 6) is 0.767. The van der Waals surface area contributed by atoms with Gasteiger partial charge in [0.05, 0.1) is 13.0 Å². The summed E-state index contributed by atoms with van der Waals surface area (Å²) in [7, 11) is 0. The zero-order valence-electron chi connectivity index (χ0n) is 12.6. The highest BCUT2D eigenvalue weighted by Gasteiger charge is 2.02. The van der Waals surface area contributed by atoms with E-state index in [2.05, 4.69) is 12.2 Å². The van der Waals surface area contributed by atoms with Crippen LogP contribution in [0.25, 0.3) is 0 Å². The van der Waals surface area contributed by atoms with Crippen LogP contribution in [-0.4, -0.2) is 12.5 Å². The molecule has 0 fully saturated rings. The first-order valence-corrected chi connectivity index (χ1v) is 7.78. The molecule has 2 aromatic rings. The average Bonchev–Trinajstić information content (AvgIpc) is 2.55. The number of amides is 1. The number of hydrogen-bond acceptors (Lipinski definition) is 2. The van der Waals surface area contributed by atoms with Gasteiger partial charge in [-0.2, -0.15) is 0 Å². The molecular weight excluding hydrogens is 298 g/mol. The average molecular weight is 318 g/mol. The van der Waals surface area contributed by atoms with Crippen LogP contribution < -0.4 is 10.1 Å². The van der Waals surface area contributed by atoms with E-state index in [0.29, 0.717) is 24.6 Å². The second-order valence-corrected chi connectivity index (χ2v) is 5.44. The van der Waals surface area contributed by atoms with Crippen molar-refractivity contribution in [3.63, 3.8) is 0 Å². The summed E-state index contributed by atoms with van der Waals surface area (Å²) in [6.45, 7) is 2.99. The first-order chi connectivity index (χ1) is 10.7. The molecule has 0 bridgehead atoms. The van der Waals surface area contributed by atoms with Gasteiger partial charge < -0.3 is 10.1 Å². The molecule has 2 rings (SSSR count). The van der Waals surface area contributed by atoms with E-state index in [0.717, 1.165) is 17.7 Å². The highest BCUT2D eigenvalue weighted by atomic mass is 35.5. The third kappa shape index (κ3) is 5.41. The maximum atomic E-state index is 11.8. The van der Waals surface area contributed by atoms with Crippen LogP contribution in [0.1, 0.15) is 24.5 Å². The van der Waals surface area contributed by atoms with E-state index in [1.54, 1.807) is 0 Å². The maximum absolute atomic E-state index is 11.8. The van der Waals surface area contributed by atoms with Crippen LogP contribution in [0.2, 0.25) is 5.02 Å². The van der Waals surface area contributed by atoms with E-state index in [4.69, 9.17) is 16.3 Å². The molecule has 116 valence electrons. The first kappa shape index (κ1) is 16.4. The first-order valence-electron chi connectivity index (χ1n) is 7.40. The summed E-state index contributed by atoms with van der Waals surface area (Å²) < 4.78 is 5.57. The van der Waals surface area contributed by atoms with Crippen molar-refractivity contribution in [1.82, 2.24) is 5.32 Å². The highest BCUT2D eigenvalue weighted by molar-refractivity contribution is 6.30. The van der Waals surface area contributed by atoms with Crippen LogP contribution >= 0.6 is 11.6 Å². The topological polar surface area (TPSA) is 38.3 Å². The molecule has 1 N–H and O–H groups in total. The predicted molar refractivity (Wildman–Crippen MR) is 89.2 cm³/mol. The molecular formula is C18H20ClNO2. The highest BCUT2D eigenvalue weighted by Crippen LogP contribution is 2.13. The van der Waals surface area contributed by atoms with Crippen molar-refractivity contribution in [2.75, 3.05) is 6.61 Å². The number of carbonyl (C=O) groups excluding carboxylic acids is 1. The lowest BCUT2D eigenvalue weighted by Crippen LogP contribution is -2.24. The molecule has 0 aromatic heterocycles. The van der Waals surface area contributed by atoms with Gasteiger partial charge >= 0.3 is 0 Å². The van der Waals surface area contributed by atoms with Gasteiger partial charge in [-0.15, -0.1) is 0 Å². The smallest absolute Gasteiger partial charge is 0.223 e. The summed E-state index contributed by atoms with van der Waals surface area (Å²) in [4.78, 5) is 11.8. The molecule has 4 heteroatoms. The molecule has 3 nitrogen and oxygen atoms in total. The molecule has 0 radical (unpaired) electrons.